The molecular weight excluding hydrogens is 294 g/mol. The highest BCUT2D eigenvalue weighted by Crippen LogP contribution is 2.34. The summed E-state index contributed by atoms with van der Waals surface area (Å²) >= 11 is 3.42. The Morgan fingerprint density at radius 1 is 1.50 bits per heavy atom. The average Bonchev–Trinajstić information content (AvgIpc) is 3.15. The van der Waals surface area contributed by atoms with Crippen LogP contribution in [0.15, 0.2) is 22.7 Å². The first kappa shape index (κ1) is 13.6. The number of ether oxygens (including phenoxy) is 1. The molecule has 3 nitrogen and oxygen atoms in total. The predicted molar refractivity (Wildman–Crippen MR) is 76.4 cm³/mol. The second-order valence-corrected chi connectivity index (χ2v) is 5.55. The first-order chi connectivity index (χ1) is 8.63. The Hall–Kier alpha value is -0.870. The van der Waals surface area contributed by atoms with E-state index in [1.807, 2.05) is 18.2 Å². The zero-order valence-electron chi connectivity index (χ0n) is 10.8. The van der Waals surface area contributed by atoms with Gasteiger partial charge in [0.15, 0.2) is 5.78 Å². The summed E-state index contributed by atoms with van der Waals surface area (Å²) in [7, 11) is 1.71. The van der Waals surface area contributed by atoms with Gasteiger partial charge in [-0.15, -0.1) is 0 Å². The van der Waals surface area contributed by atoms with E-state index in [-0.39, 0.29) is 5.78 Å². The lowest BCUT2D eigenvalue weighted by atomic mass is 10.1. The van der Waals surface area contributed by atoms with Crippen molar-refractivity contribution in [2.45, 2.75) is 25.8 Å². The van der Waals surface area contributed by atoms with E-state index < -0.39 is 0 Å². The van der Waals surface area contributed by atoms with E-state index in [1.54, 1.807) is 14.0 Å². The zero-order chi connectivity index (χ0) is 13.1. The van der Waals surface area contributed by atoms with Crippen LogP contribution in [0.3, 0.4) is 0 Å². The van der Waals surface area contributed by atoms with Gasteiger partial charge in [-0.2, -0.15) is 0 Å². The molecule has 2 rings (SSSR count). The van der Waals surface area contributed by atoms with Gasteiger partial charge in [-0.1, -0.05) is 15.9 Å². The molecule has 98 valence electrons. The molecule has 0 radical (unpaired) electrons. The van der Waals surface area contributed by atoms with Crippen LogP contribution in [0.5, 0.6) is 0 Å². The third kappa shape index (κ3) is 3.12. The van der Waals surface area contributed by atoms with Crippen molar-refractivity contribution >= 4 is 27.4 Å². The Balaban J connectivity index is 2.30. The number of ketones is 1. The Bertz CT molecular complexity index is 443. The van der Waals surface area contributed by atoms with E-state index in [0.29, 0.717) is 12.6 Å². The van der Waals surface area contributed by atoms with Crippen LogP contribution in [0.1, 0.15) is 30.1 Å². The quantitative estimate of drug-likeness (QED) is 0.755. The van der Waals surface area contributed by atoms with E-state index in [2.05, 4.69) is 20.8 Å². The third-order valence-corrected chi connectivity index (χ3v) is 3.66. The zero-order valence-corrected chi connectivity index (χ0v) is 12.4. The number of halogens is 1. The van der Waals surface area contributed by atoms with Gasteiger partial charge in [0.1, 0.15) is 0 Å². The Kier molecular flexibility index (Phi) is 4.40. The van der Waals surface area contributed by atoms with Crippen molar-refractivity contribution in [2.75, 3.05) is 25.2 Å². The molecule has 4 heteroatoms. The van der Waals surface area contributed by atoms with E-state index in [1.165, 1.54) is 12.8 Å². The van der Waals surface area contributed by atoms with Crippen molar-refractivity contribution in [3.8, 4) is 0 Å². The number of carbonyl (C=O) groups is 1. The summed E-state index contributed by atoms with van der Waals surface area (Å²) in [6.07, 6.45) is 2.41. The minimum atomic E-state index is 0.106. The maximum Gasteiger partial charge on any atom is 0.161 e. The fourth-order valence-corrected chi connectivity index (χ4v) is 2.48. The van der Waals surface area contributed by atoms with Gasteiger partial charge in [0, 0.05) is 35.4 Å². The van der Waals surface area contributed by atoms with E-state index in [9.17, 15) is 4.79 Å². The number of benzene rings is 1. The molecule has 0 aromatic heterocycles. The van der Waals surface area contributed by atoms with Crippen LogP contribution < -0.4 is 4.90 Å². The summed E-state index contributed by atoms with van der Waals surface area (Å²) in [4.78, 5) is 14.1. The van der Waals surface area contributed by atoms with E-state index >= 15 is 0 Å². The lowest BCUT2D eigenvalue weighted by Crippen LogP contribution is -2.30. The highest BCUT2D eigenvalue weighted by Gasteiger charge is 2.30. The van der Waals surface area contributed by atoms with Gasteiger partial charge < -0.3 is 9.64 Å². The second kappa shape index (κ2) is 5.85. The molecule has 18 heavy (non-hydrogen) atoms. The second-order valence-electron chi connectivity index (χ2n) is 4.64. The molecule has 0 heterocycles. The average molecular weight is 312 g/mol. The van der Waals surface area contributed by atoms with Crippen molar-refractivity contribution in [3.63, 3.8) is 0 Å². The summed E-state index contributed by atoms with van der Waals surface area (Å²) in [5, 5.41) is 0. The normalized spacial score (nSPS) is 14.6. The van der Waals surface area contributed by atoms with Crippen molar-refractivity contribution in [2.24, 2.45) is 0 Å². The van der Waals surface area contributed by atoms with E-state index in [0.717, 1.165) is 22.3 Å². The van der Waals surface area contributed by atoms with E-state index in [4.69, 9.17) is 4.74 Å². The molecule has 0 N–H and O–H groups in total. The Labute approximate surface area is 116 Å². The summed E-state index contributed by atoms with van der Waals surface area (Å²) in [6, 6.07) is 6.48. The lowest BCUT2D eigenvalue weighted by molar-refractivity contribution is 0.101. The third-order valence-electron chi connectivity index (χ3n) is 3.17. The number of hydrogen-bond acceptors (Lipinski definition) is 3. The van der Waals surface area contributed by atoms with Crippen LogP contribution in [0.25, 0.3) is 0 Å². The standard InChI is InChI=1S/C14H18BrNO2/c1-10(17)13-9-11(15)3-6-14(13)16(7-8-18-2)12-4-5-12/h3,6,9,12H,4-5,7-8H2,1-2H3. The van der Waals surface area contributed by atoms with Crippen LogP contribution in [-0.4, -0.2) is 32.1 Å². The minimum Gasteiger partial charge on any atom is -0.383 e. The van der Waals surface area contributed by atoms with Crippen molar-refractivity contribution in [3.05, 3.63) is 28.2 Å². The van der Waals surface area contributed by atoms with Crippen LogP contribution in [0.2, 0.25) is 0 Å². The van der Waals surface area contributed by atoms with Crippen molar-refractivity contribution in [1.82, 2.24) is 0 Å². The molecule has 1 saturated carbocycles. The van der Waals surface area contributed by atoms with Gasteiger partial charge in [0.05, 0.1) is 6.61 Å². The highest BCUT2D eigenvalue weighted by atomic mass is 79.9. The lowest BCUT2D eigenvalue weighted by Gasteiger charge is -2.26. The molecule has 0 amide bonds. The molecule has 0 atom stereocenters. The molecule has 1 aromatic carbocycles. The first-order valence-electron chi connectivity index (χ1n) is 6.19. The van der Waals surface area contributed by atoms with Gasteiger partial charge >= 0.3 is 0 Å². The summed E-state index contributed by atoms with van der Waals surface area (Å²) in [6.45, 7) is 3.14. The van der Waals surface area contributed by atoms with Gasteiger partial charge in [0.2, 0.25) is 0 Å². The van der Waals surface area contributed by atoms with Gasteiger partial charge in [0.25, 0.3) is 0 Å². The number of nitrogens with zero attached hydrogens (tertiary/aromatic N) is 1. The monoisotopic (exact) mass is 311 g/mol. The number of carbonyl (C=O) groups excluding carboxylic acids is 1. The molecule has 0 bridgehead atoms. The molecule has 1 fully saturated rings. The van der Waals surface area contributed by atoms with Gasteiger partial charge in [-0.25, -0.2) is 0 Å². The van der Waals surface area contributed by atoms with Crippen LogP contribution in [-0.2, 0) is 4.74 Å². The topological polar surface area (TPSA) is 29.5 Å². The van der Waals surface area contributed by atoms with Crippen molar-refractivity contribution < 1.29 is 9.53 Å². The molecule has 0 unspecified atom stereocenters. The number of anilines is 1. The molecule has 1 aromatic rings. The number of hydrogen-bond donors (Lipinski definition) is 0. The minimum absolute atomic E-state index is 0.106. The molecule has 1 aliphatic carbocycles. The molecule has 0 aliphatic heterocycles. The number of rotatable bonds is 6. The fraction of sp³-hybridized carbons (Fsp3) is 0.500. The molecular formula is C14H18BrNO2. The first-order valence-corrected chi connectivity index (χ1v) is 6.99. The van der Waals surface area contributed by atoms with Gasteiger partial charge in [-0.3, -0.25) is 4.79 Å². The summed E-state index contributed by atoms with van der Waals surface area (Å²) < 4.78 is 6.10. The molecule has 0 spiro atoms. The fourth-order valence-electron chi connectivity index (χ4n) is 2.12. The summed E-state index contributed by atoms with van der Waals surface area (Å²) in [5.74, 6) is 0.106. The Morgan fingerprint density at radius 3 is 2.78 bits per heavy atom. The molecule has 1 aliphatic rings. The predicted octanol–water partition coefficient (Wildman–Crippen LogP) is 3.27. The largest absolute Gasteiger partial charge is 0.383 e. The molecule has 0 saturated heterocycles. The van der Waals surface area contributed by atoms with Gasteiger partial charge in [-0.05, 0) is 38.0 Å². The van der Waals surface area contributed by atoms with Crippen LogP contribution >= 0.6 is 15.9 Å². The number of Topliss-reactive ketones (excluding diaryl/α,β-unsaturated/α-hetero) is 1. The number of methoxy groups -OCH3 is 1. The van der Waals surface area contributed by atoms with Crippen LogP contribution in [0.4, 0.5) is 5.69 Å². The highest BCUT2D eigenvalue weighted by molar-refractivity contribution is 9.10. The SMILES string of the molecule is COCCN(c1ccc(Br)cc1C(C)=O)C1CC1. The maximum absolute atomic E-state index is 11.8. The summed E-state index contributed by atoms with van der Waals surface area (Å²) in [5.41, 5.74) is 1.82. The maximum atomic E-state index is 11.8. The van der Waals surface area contributed by atoms with Crippen molar-refractivity contribution in [1.29, 1.82) is 0 Å². The Morgan fingerprint density at radius 2 is 2.22 bits per heavy atom. The van der Waals surface area contributed by atoms with Crippen LogP contribution in [0, 0.1) is 0 Å². The smallest absolute Gasteiger partial charge is 0.161 e.